The van der Waals surface area contributed by atoms with Gasteiger partial charge in [0.2, 0.25) is 0 Å². The Balaban J connectivity index is 1.02. The van der Waals surface area contributed by atoms with E-state index in [1.807, 2.05) is 11.3 Å². The van der Waals surface area contributed by atoms with Crippen LogP contribution in [0.2, 0.25) is 0 Å². The Kier molecular flexibility index (Phi) is 7.24. The van der Waals surface area contributed by atoms with Crippen LogP contribution in [-0.4, -0.2) is 0 Å². The predicted octanol–water partition coefficient (Wildman–Crippen LogP) is 16.5. The molecular weight excluding hydrogens is 823 g/mol. The van der Waals surface area contributed by atoms with E-state index in [4.69, 9.17) is 9.47 Å². The second kappa shape index (κ2) is 13.2. The molecule has 0 bridgehead atoms. The molecule has 0 atom stereocenters. The quantitative estimate of drug-likeness (QED) is 0.177. The lowest BCUT2D eigenvalue weighted by Gasteiger charge is -2.40. The molecule has 0 unspecified atom stereocenters. The van der Waals surface area contributed by atoms with Crippen LogP contribution < -0.4 is 14.4 Å². The van der Waals surface area contributed by atoms with Crippen LogP contribution in [0.5, 0.6) is 23.0 Å². The fraction of sp³-hybridized carbons (Fsp3) is 0.0323. The molecule has 4 heteroatoms. The molecule has 2 aliphatic heterocycles. The highest BCUT2D eigenvalue weighted by Crippen LogP contribution is 2.65. The second-order valence-corrected chi connectivity index (χ2v) is 18.9. The Bertz CT molecular complexity index is 3790. The predicted molar refractivity (Wildman–Crippen MR) is 269 cm³/mol. The molecule has 11 aromatic rings. The Labute approximate surface area is 386 Å². The minimum absolute atomic E-state index is 0.554. The summed E-state index contributed by atoms with van der Waals surface area (Å²) < 4.78 is 15.9. The highest BCUT2D eigenvalue weighted by molar-refractivity contribution is 7.26. The molecule has 0 N–H and O–H groups in total. The summed E-state index contributed by atoms with van der Waals surface area (Å²) in [5.41, 5.74) is 16.8. The summed E-state index contributed by atoms with van der Waals surface area (Å²) in [5.74, 6) is 3.56. The molecule has 15 rings (SSSR count). The van der Waals surface area contributed by atoms with E-state index in [1.54, 1.807) is 0 Å². The standard InChI is InChI=1S/C62H37NO2S/c1-4-20-46-40(16-1)42-34-32-39(37-53(42)62(46)51-24-8-12-29-57(51)65-58-30-13-9-25-52(58)62)63(54-26-15-19-44-43-18-3-14-31-59(43)66-60(44)54)38-33-35-48-45(36-38)41-17-2-5-21-47(41)61(48)49-22-6-10-27-55(49)64-56-28-11-7-23-50(56)61/h1-37H. The van der Waals surface area contributed by atoms with E-state index < -0.39 is 10.8 Å². The minimum Gasteiger partial charge on any atom is -0.457 e. The van der Waals surface area contributed by atoms with Crippen LogP contribution in [0.15, 0.2) is 224 Å². The zero-order chi connectivity index (χ0) is 43.1. The summed E-state index contributed by atoms with van der Waals surface area (Å²) in [4.78, 5) is 2.52. The van der Waals surface area contributed by atoms with Crippen molar-refractivity contribution in [2.75, 3.05) is 4.90 Å². The monoisotopic (exact) mass is 859 g/mol. The molecular formula is C62H37NO2S. The number of nitrogens with zero attached hydrogens (tertiary/aromatic N) is 1. The van der Waals surface area contributed by atoms with Crippen LogP contribution in [0.3, 0.4) is 0 Å². The average Bonchev–Trinajstić information content (AvgIpc) is 4.00. The summed E-state index contributed by atoms with van der Waals surface area (Å²) in [6.45, 7) is 0. The van der Waals surface area contributed by atoms with Crippen molar-refractivity contribution in [1.29, 1.82) is 0 Å². The third-order valence-electron chi connectivity index (χ3n) is 14.8. The van der Waals surface area contributed by atoms with Crippen molar-refractivity contribution in [3.05, 3.63) is 269 Å². The Morgan fingerprint density at radius 1 is 0.318 bits per heavy atom. The van der Waals surface area contributed by atoms with E-state index >= 15 is 0 Å². The molecule has 3 heterocycles. The molecule has 0 radical (unpaired) electrons. The van der Waals surface area contributed by atoms with Gasteiger partial charge >= 0.3 is 0 Å². The van der Waals surface area contributed by atoms with Crippen molar-refractivity contribution in [2.24, 2.45) is 0 Å². The average molecular weight is 860 g/mol. The Morgan fingerprint density at radius 2 is 0.758 bits per heavy atom. The smallest absolute Gasteiger partial charge is 0.132 e. The minimum atomic E-state index is -0.601. The summed E-state index contributed by atoms with van der Waals surface area (Å²) >= 11 is 1.87. The fourth-order valence-corrected chi connectivity index (χ4v) is 13.5. The van der Waals surface area contributed by atoms with Gasteiger partial charge in [-0.3, -0.25) is 0 Å². The highest BCUT2D eigenvalue weighted by atomic mass is 32.1. The normalized spacial score (nSPS) is 14.5. The van der Waals surface area contributed by atoms with Crippen molar-refractivity contribution in [3.8, 4) is 45.3 Å². The van der Waals surface area contributed by atoms with Crippen LogP contribution in [0.4, 0.5) is 17.1 Å². The van der Waals surface area contributed by atoms with Crippen molar-refractivity contribution in [2.45, 2.75) is 10.8 Å². The van der Waals surface area contributed by atoms with Crippen LogP contribution in [0, 0.1) is 0 Å². The van der Waals surface area contributed by atoms with Gasteiger partial charge in [0.25, 0.3) is 0 Å². The first kappa shape index (κ1) is 36.2. The number of thiophene rings is 1. The Hall–Kier alpha value is -8.18. The third kappa shape index (κ3) is 4.51. The van der Waals surface area contributed by atoms with Gasteiger partial charge in [-0.15, -0.1) is 11.3 Å². The van der Waals surface area contributed by atoms with Gasteiger partial charge in [0.05, 0.1) is 21.2 Å². The number of anilines is 3. The molecule has 0 amide bonds. The van der Waals surface area contributed by atoms with E-state index in [9.17, 15) is 0 Å². The summed E-state index contributed by atoms with van der Waals surface area (Å²) in [5, 5.41) is 2.54. The van der Waals surface area contributed by atoms with Gasteiger partial charge < -0.3 is 14.4 Å². The zero-order valence-electron chi connectivity index (χ0n) is 35.5. The first-order valence-electron chi connectivity index (χ1n) is 22.7. The van der Waals surface area contributed by atoms with Gasteiger partial charge in [-0.2, -0.15) is 0 Å². The van der Waals surface area contributed by atoms with Gasteiger partial charge in [-0.1, -0.05) is 164 Å². The summed E-state index contributed by atoms with van der Waals surface area (Å²) in [6, 6.07) is 82.4. The van der Waals surface area contributed by atoms with Gasteiger partial charge in [0, 0.05) is 49.1 Å². The number of rotatable bonds is 3. The second-order valence-electron chi connectivity index (χ2n) is 17.8. The lowest BCUT2D eigenvalue weighted by atomic mass is 9.66. The molecule has 2 spiro atoms. The van der Waals surface area contributed by atoms with Gasteiger partial charge in [-0.05, 0) is 105 Å². The van der Waals surface area contributed by atoms with Gasteiger partial charge in [0.1, 0.15) is 23.0 Å². The maximum atomic E-state index is 6.73. The zero-order valence-corrected chi connectivity index (χ0v) is 36.4. The van der Waals surface area contributed by atoms with Crippen LogP contribution in [0.1, 0.15) is 44.5 Å². The van der Waals surface area contributed by atoms with E-state index in [0.29, 0.717) is 0 Å². The maximum Gasteiger partial charge on any atom is 0.132 e. The lowest BCUT2D eigenvalue weighted by Crippen LogP contribution is -2.32. The Morgan fingerprint density at radius 3 is 1.38 bits per heavy atom. The van der Waals surface area contributed by atoms with Crippen molar-refractivity contribution >= 4 is 48.6 Å². The summed E-state index contributed by atoms with van der Waals surface area (Å²) in [7, 11) is 0. The number of hydrogen-bond donors (Lipinski definition) is 0. The maximum absolute atomic E-state index is 6.73. The van der Waals surface area contributed by atoms with E-state index in [2.05, 4.69) is 229 Å². The topological polar surface area (TPSA) is 21.7 Å². The molecule has 0 saturated carbocycles. The first-order chi connectivity index (χ1) is 32.7. The molecule has 66 heavy (non-hydrogen) atoms. The number of para-hydroxylation sites is 4. The molecule has 0 saturated heterocycles. The molecule has 2 aliphatic carbocycles. The van der Waals surface area contributed by atoms with E-state index in [-0.39, 0.29) is 0 Å². The highest BCUT2D eigenvalue weighted by Gasteiger charge is 2.53. The van der Waals surface area contributed by atoms with Crippen molar-refractivity contribution in [1.82, 2.24) is 0 Å². The lowest BCUT2D eigenvalue weighted by molar-refractivity contribution is 0.436. The molecule has 4 aliphatic rings. The van der Waals surface area contributed by atoms with Crippen LogP contribution >= 0.6 is 11.3 Å². The van der Waals surface area contributed by atoms with Gasteiger partial charge in [-0.25, -0.2) is 0 Å². The molecule has 308 valence electrons. The first-order valence-corrected chi connectivity index (χ1v) is 23.5. The van der Waals surface area contributed by atoms with E-state index in [0.717, 1.165) is 62.3 Å². The van der Waals surface area contributed by atoms with E-state index in [1.165, 1.54) is 64.7 Å². The van der Waals surface area contributed by atoms with Crippen LogP contribution in [-0.2, 0) is 10.8 Å². The number of hydrogen-bond acceptors (Lipinski definition) is 4. The fourth-order valence-electron chi connectivity index (χ4n) is 12.3. The SMILES string of the molecule is c1ccc2c(c1)Oc1ccccc1C21c2ccccc2-c2cc(N(c3ccc4c(c3)C3(c5ccccc5Oc5ccccc53)c3ccccc3-4)c3cccc4c3sc3ccccc34)ccc21. The molecule has 1 aromatic heterocycles. The third-order valence-corrected chi connectivity index (χ3v) is 16.0. The molecule has 0 fully saturated rings. The number of ether oxygens (including phenoxy) is 2. The summed E-state index contributed by atoms with van der Waals surface area (Å²) in [6.07, 6.45) is 0. The van der Waals surface area contributed by atoms with Crippen molar-refractivity contribution in [3.63, 3.8) is 0 Å². The molecule has 10 aromatic carbocycles. The van der Waals surface area contributed by atoms with Gasteiger partial charge in [0.15, 0.2) is 0 Å². The largest absolute Gasteiger partial charge is 0.457 e. The number of benzene rings is 10. The number of fused-ring (bicyclic) bond motifs is 21. The van der Waals surface area contributed by atoms with Crippen LogP contribution in [0.25, 0.3) is 42.4 Å². The molecule has 3 nitrogen and oxygen atoms in total. The van der Waals surface area contributed by atoms with Crippen molar-refractivity contribution < 1.29 is 9.47 Å².